The van der Waals surface area contributed by atoms with Gasteiger partial charge in [-0.2, -0.15) is 0 Å². The number of rotatable bonds is 13. The Morgan fingerprint density at radius 2 is 1.67 bits per heavy atom. The fourth-order valence-corrected chi connectivity index (χ4v) is 5.76. The third kappa shape index (κ3) is 8.76. The molecule has 0 bridgehead atoms. The van der Waals surface area contributed by atoms with E-state index in [9.17, 15) is 14.4 Å². The number of thioether (sulfide) groups is 1. The number of esters is 1. The molecule has 0 spiro atoms. The zero-order chi connectivity index (χ0) is 31.0. The van der Waals surface area contributed by atoms with Crippen molar-refractivity contribution in [3.05, 3.63) is 58.7 Å². The molecule has 2 aromatic carbocycles. The summed E-state index contributed by atoms with van der Waals surface area (Å²) in [6, 6.07) is 11.9. The Hall–Kier alpha value is -3.00. The van der Waals surface area contributed by atoms with E-state index >= 15 is 0 Å². The van der Waals surface area contributed by atoms with Crippen molar-refractivity contribution in [3.8, 4) is 5.75 Å². The van der Waals surface area contributed by atoms with E-state index in [0.717, 1.165) is 40.8 Å². The van der Waals surface area contributed by atoms with Gasteiger partial charge in [-0.1, -0.05) is 38.1 Å². The highest BCUT2D eigenvalue weighted by Gasteiger charge is 2.40. The molecular weight excluding hydrogens is 550 g/mol. The van der Waals surface area contributed by atoms with Crippen molar-refractivity contribution in [3.63, 3.8) is 0 Å². The van der Waals surface area contributed by atoms with E-state index in [2.05, 4.69) is 26.0 Å². The molecule has 1 heterocycles. The van der Waals surface area contributed by atoms with Gasteiger partial charge >= 0.3 is 12.1 Å². The van der Waals surface area contributed by atoms with Crippen LogP contribution in [0.5, 0.6) is 5.75 Å². The second-order valence-corrected chi connectivity index (χ2v) is 13.0. The Bertz CT molecular complexity index is 1220. The van der Waals surface area contributed by atoms with E-state index < -0.39 is 11.6 Å². The largest absolute Gasteiger partial charge is 0.476 e. The third-order valence-corrected chi connectivity index (χ3v) is 8.52. The van der Waals surface area contributed by atoms with Gasteiger partial charge in [-0.25, -0.2) is 9.59 Å². The predicted molar refractivity (Wildman–Crippen MR) is 167 cm³/mol. The molecule has 0 aliphatic carbocycles. The van der Waals surface area contributed by atoms with Crippen LogP contribution in [0, 0.1) is 31.6 Å². The van der Waals surface area contributed by atoms with Crippen LogP contribution in [-0.4, -0.2) is 60.9 Å². The molecular formula is C34H47NO6S. The molecule has 2 aromatic rings. The molecule has 2 unspecified atom stereocenters. The lowest BCUT2D eigenvalue weighted by Crippen LogP contribution is -2.40. The summed E-state index contributed by atoms with van der Waals surface area (Å²) >= 11 is 1.64. The molecule has 2 atom stereocenters. The molecule has 1 aliphatic rings. The molecule has 1 amide bonds. The van der Waals surface area contributed by atoms with Gasteiger partial charge in [-0.05, 0) is 101 Å². The summed E-state index contributed by atoms with van der Waals surface area (Å²) in [5.41, 5.74) is 2.57. The van der Waals surface area contributed by atoms with Crippen molar-refractivity contribution in [2.75, 3.05) is 32.6 Å². The number of benzene rings is 2. The highest BCUT2D eigenvalue weighted by Crippen LogP contribution is 2.34. The maximum Gasteiger partial charge on any atom is 0.409 e. The van der Waals surface area contributed by atoms with E-state index in [1.54, 1.807) is 37.4 Å². The minimum Gasteiger partial charge on any atom is -0.476 e. The van der Waals surface area contributed by atoms with Crippen LogP contribution in [0.3, 0.4) is 0 Å². The molecule has 1 aliphatic heterocycles. The minimum atomic E-state index is -1.11. The van der Waals surface area contributed by atoms with Gasteiger partial charge in [0.25, 0.3) is 0 Å². The summed E-state index contributed by atoms with van der Waals surface area (Å²) in [5.74, 6) is 0.507. The number of amides is 1. The quantitative estimate of drug-likeness (QED) is 0.136. The zero-order valence-corrected chi connectivity index (χ0v) is 27.3. The second kappa shape index (κ2) is 14.9. The molecule has 0 N–H and O–H groups in total. The van der Waals surface area contributed by atoms with Gasteiger partial charge < -0.3 is 19.1 Å². The molecule has 3 rings (SSSR count). The third-order valence-electron chi connectivity index (χ3n) is 7.78. The monoisotopic (exact) mass is 597 g/mol. The summed E-state index contributed by atoms with van der Waals surface area (Å²) in [6.45, 7) is 14.9. The standard InChI is InChI=1S/C34H47NO6S/c1-9-39-32(37)34(6,7)41-31-23(4)18-25(19-24(31)5)10-11-27-20-35(33(38)40-17-16-22(2)3)21-29(27)30(36)26-12-14-28(42-8)15-13-26/h12-15,18-19,22,27,29H,9-11,16-17,20-21H2,1-8H3. The summed E-state index contributed by atoms with van der Waals surface area (Å²) in [4.78, 5) is 41.8. The Morgan fingerprint density at radius 3 is 2.24 bits per heavy atom. The fourth-order valence-electron chi connectivity index (χ4n) is 5.35. The molecule has 0 radical (unpaired) electrons. The van der Waals surface area contributed by atoms with Gasteiger partial charge in [-0.15, -0.1) is 11.8 Å². The first-order chi connectivity index (χ1) is 19.9. The number of ether oxygens (including phenoxy) is 3. The Balaban J connectivity index is 1.76. The fraction of sp³-hybridized carbons (Fsp3) is 0.559. The average Bonchev–Trinajstić information content (AvgIpc) is 3.38. The van der Waals surface area contributed by atoms with E-state index in [1.165, 1.54) is 0 Å². The number of likely N-dealkylation sites (tertiary alicyclic amines) is 1. The van der Waals surface area contributed by atoms with Crippen molar-refractivity contribution < 1.29 is 28.6 Å². The van der Waals surface area contributed by atoms with Crippen molar-refractivity contribution in [2.45, 2.75) is 78.2 Å². The summed E-state index contributed by atoms with van der Waals surface area (Å²) < 4.78 is 16.9. The van der Waals surface area contributed by atoms with Crippen molar-refractivity contribution in [1.82, 2.24) is 4.90 Å². The number of nitrogens with zero attached hydrogens (tertiary/aromatic N) is 1. The molecule has 230 valence electrons. The Kier molecular flexibility index (Phi) is 11.9. The average molecular weight is 598 g/mol. The van der Waals surface area contributed by atoms with Gasteiger partial charge in [0.15, 0.2) is 11.4 Å². The molecule has 1 saturated heterocycles. The van der Waals surface area contributed by atoms with Crippen LogP contribution in [0.2, 0.25) is 0 Å². The number of hydrogen-bond acceptors (Lipinski definition) is 7. The number of aryl methyl sites for hydroxylation is 3. The molecule has 7 nitrogen and oxygen atoms in total. The maximum atomic E-state index is 13.7. The number of carbonyl (C=O) groups excluding carboxylic acids is 3. The first kappa shape index (κ1) is 33.5. The van der Waals surface area contributed by atoms with E-state index in [1.807, 2.05) is 44.4 Å². The normalized spacial score (nSPS) is 16.9. The first-order valence-corrected chi connectivity index (χ1v) is 16.1. The van der Waals surface area contributed by atoms with Gasteiger partial charge in [0, 0.05) is 29.5 Å². The van der Waals surface area contributed by atoms with Crippen LogP contribution < -0.4 is 4.74 Å². The molecule has 1 fully saturated rings. The van der Waals surface area contributed by atoms with E-state index in [-0.39, 0.29) is 23.7 Å². The molecule has 0 saturated carbocycles. The molecule has 42 heavy (non-hydrogen) atoms. The van der Waals surface area contributed by atoms with Crippen LogP contribution in [-0.2, 0) is 20.7 Å². The van der Waals surface area contributed by atoms with Crippen LogP contribution in [0.4, 0.5) is 4.79 Å². The van der Waals surface area contributed by atoms with Crippen LogP contribution in [0.1, 0.15) is 74.5 Å². The molecule has 0 aromatic heterocycles. The van der Waals surface area contributed by atoms with Crippen molar-refractivity contribution in [2.24, 2.45) is 17.8 Å². The first-order valence-electron chi connectivity index (χ1n) is 14.9. The number of hydrogen-bond donors (Lipinski definition) is 0. The minimum absolute atomic E-state index is 0.00895. The highest BCUT2D eigenvalue weighted by molar-refractivity contribution is 7.98. The van der Waals surface area contributed by atoms with E-state index in [0.29, 0.717) is 43.5 Å². The van der Waals surface area contributed by atoms with E-state index in [4.69, 9.17) is 14.2 Å². The SMILES string of the molecule is CCOC(=O)C(C)(C)Oc1c(C)cc(CCC2CN(C(=O)OCCC(C)C)CC2C(=O)c2ccc(SC)cc2)cc1C. The van der Waals surface area contributed by atoms with Gasteiger partial charge in [0.05, 0.1) is 13.2 Å². The Labute approximate surface area is 255 Å². The lowest BCUT2D eigenvalue weighted by atomic mass is 9.84. The van der Waals surface area contributed by atoms with Crippen molar-refractivity contribution >= 4 is 29.6 Å². The van der Waals surface area contributed by atoms with Gasteiger partial charge in [0.1, 0.15) is 5.75 Å². The second-order valence-electron chi connectivity index (χ2n) is 12.1. The van der Waals surface area contributed by atoms with Crippen LogP contribution in [0.25, 0.3) is 0 Å². The number of ketones is 1. The van der Waals surface area contributed by atoms with Gasteiger partial charge in [-0.3, -0.25) is 4.79 Å². The number of Topliss-reactive ketones (excluding diaryl/α,β-unsaturated/α-hetero) is 1. The summed E-state index contributed by atoms with van der Waals surface area (Å²) in [5, 5.41) is 0. The smallest absolute Gasteiger partial charge is 0.409 e. The topological polar surface area (TPSA) is 82.1 Å². The van der Waals surface area contributed by atoms with Crippen LogP contribution in [0.15, 0.2) is 41.3 Å². The molecule has 8 heteroatoms. The summed E-state index contributed by atoms with van der Waals surface area (Å²) in [7, 11) is 0. The predicted octanol–water partition coefficient (Wildman–Crippen LogP) is 7.29. The lowest BCUT2D eigenvalue weighted by molar-refractivity contribution is -0.158. The lowest BCUT2D eigenvalue weighted by Gasteiger charge is -2.26. The maximum absolute atomic E-state index is 13.7. The summed E-state index contributed by atoms with van der Waals surface area (Å²) in [6.07, 6.45) is 3.98. The van der Waals surface area contributed by atoms with Crippen molar-refractivity contribution in [1.29, 1.82) is 0 Å². The van der Waals surface area contributed by atoms with Crippen LogP contribution >= 0.6 is 11.8 Å². The Morgan fingerprint density at radius 1 is 1.02 bits per heavy atom. The highest BCUT2D eigenvalue weighted by atomic mass is 32.2. The number of carbonyl (C=O) groups is 3. The zero-order valence-electron chi connectivity index (χ0n) is 26.5. The van der Waals surface area contributed by atoms with Gasteiger partial charge in [0.2, 0.25) is 0 Å².